The van der Waals surface area contributed by atoms with Gasteiger partial charge in [0, 0.05) is 40.9 Å². The number of hydrogen-bond donors (Lipinski definition) is 1. The van der Waals surface area contributed by atoms with Gasteiger partial charge in [0.2, 0.25) is 0 Å². The molecular formula is C23H27N3O. The number of unbranched alkanes of at least 4 members (excludes halogenated alkanes) is 1. The number of hydrogen-bond acceptors (Lipinski definition) is 4. The van der Waals surface area contributed by atoms with Gasteiger partial charge in [-0.05, 0) is 32.0 Å². The number of methoxy groups -OCH3 is 1. The Morgan fingerprint density at radius 2 is 2.00 bits per heavy atom. The molecule has 1 aliphatic rings. The summed E-state index contributed by atoms with van der Waals surface area (Å²) >= 11 is 0. The van der Waals surface area contributed by atoms with Crippen LogP contribution in [0.1, 0.15) is 36.6 Å². The van der Waals surface area contributed by atoms with Crippen LogP contribution in [0.3, 0.4) is 0 Å². The van der Waals surface area contributed by atoms with E-state index in [2.05, 4.69) is 49.1 Å². The maximum Gasteiger partial charge on any atom is 0.126 e. The largest absolute Gasteiger partial charge is 0.496 e. The average Bonchev–Trinajstić information content (AvgIpc) is 3.09. The lowest BCUT2D eigenvalue weighted by Gasteiger charge is -2.14. The number of nitrogens with two attached hydrogens (primary N) is 1. The highest BCUT2D eigenvalue weighted by atomic mass is 16.5. The fourth-order valence-electron chi connectivity index (χ4n) is 3.99. The average molecular weight is 361 g/mol. The highest BCUT2D eigenvalue weighted by Gasteiger charge is 2.25. The normalized spacial score (nSPS) is 13.9. The summed E-state index contributed by atoms with van der Waals surface area (Å²) < 4.78 is 5.62. The molecular weight excluding hydrogens is 334 g/mol. The van der Waals surface area contributed by atoms with E-state index in [4.69, 9.17) is 15.5 Å². The number of anilines is 1. The van der Waals surface area contributed by atoms with Crippen molar-refractivity contribution in [3.63, 3.8) is 0 Å². The van der Waals surface area contributed by atoms with Gasteiger partial charge >= 0.3 is 0 Å². The van der Waals surface area contributed by atoms with Gasteiger partial charge in [-0.15, -0.1) is 0 Å². The van der Waals surface area contributed by atoms with Crippen LogP contribution in [0, 0.1) is 6.92 Å². The van der Waals surface area contributed by atoms with Gasteiger partial charge in [-0.2, -0.15) is 0 Å². The van der Waals surface area contributed by atoms with Crippen LogP contribution in [0.2, 0.25) is 0 Å². The lowest BCUT2D eigenvalue weighted by atomic mass is 9.97. The Morgan fingerprint density at radius 1 is 1.15 bits per heavy atom. The molecule has 0 saturated heterocycles. The smallest absolute Gasteiger partial charge is 0.126 e. The Labute approximate surface area is 161 Å². The quantitative estimate of drug-likeness (QED) is 0.701. The summed E-state index contributed by atoms with van der Waals surface area (Å²) in [5, 5.41) is 1.03. The molecule has 4 nitrogen and oxygen atoms in total. The van der Waals surface area contributed by atoms with Crippen molar-refractivity contribution in [2.45, 2.75) is 39.8 Å². The van der Waals surface area contributed by atoms with Gasteiger partial charge in [-0.1, -0.05) is 43.2 Å². The zero-order chi connectivity index (χ0) is 19.0. The van der Waals surface area contributed by atoms with Crippen molar-refractivity contribution >= 4 is 16.6 Å². The molecule has 0 amide bonds. The fourth-order valence-corrected chi connectivity index (χ4v) is 3.99. The molecule has 27 heavy (non-hydrogen) atoms. The third-order valence-electron chi connectivity index (χ3n) is 5.47. The zero-order valence-corrected chi connectivity index (χ0v) is 16.4. The number of para-hydroxylation sites is 1. The molecule has 0 unspecified atom stereocenters. The molecule has 0 bridgehead atoms. The Bertz CT molecular complexity index is 997. The molecule has 140 valence electrons. The van der Waals surface area contributed by atoms with Crippen molar-refractivity contribution in [3.05, 3.63) is 53.2 Å². The van der Waals surface area contributed by atoms with E-state index in [9.17, 15) is 0 Å². The summed E-state index contributed by atoms with van der Waals surface area (Å²) in [5.41, 5.74) is 14.1. The number of benzene rings is 2. The summed E-state index contributed by atoms with van der Waals surface area (Å²) in [6.45, 7) is 7.21. The molecule has 2 N–H and O–H groups in total. The summed E-state index contributed by atoms with van der Waals surface area (Å²) in [6, 6.07) is 12.5. The van der Waals surface area contributed by atoms with Crippen molar-refractivity contribution < 1.29 is 4.74 Å². The van der Waals surface area contributed by atoms with Crippen molar-refractivity contribution in [1.29, 1.82) is 0 Å². The molecule has 2 aromatic carbocycles. The topological polar surface area (TPSA) is 51.4 Å². The summed E-state index contributed by atoms with van der Waals surface area (Å²) in [7, 11) is 1.71. The molecule has 4 rings (SSSR count). The maximum atomic E-state index is 6.61. The van der Waals surface area contributed by atoms with Crippen LogP contribution in [-0.4, -0.2) is 23.5 Å². The van der Waals surface area contributed by atoms with E-state index in [1.54, 1.807) is 7.11 Å². The van der Waals surface area contributed by atoms with Gasteiger partial charge in [-0.25, -0.2) is 0 Å². The molecule has 0 aliphatic carbocycles. The minimum absolute atomic E-state index is 0.860. The van der Waals surface area contributed by atoms with Gasteiger partial charge in [0.15, 0.2) is 0 Å². The Balaban J connectivity index is 1.87. The highest BCUT2D eigenvalue weighted by molar-refractivity contribution is 6.02. The van der Waals surface area contributed by atoms with Crippen molar-refractivity contribution in [2.24, 2.45) is 0 Å². The Morgan fingerprint density at radius 3 is 2.78 bits per heavy atom. The minimum Gasteiger partial charge on any atom is -0.496 e. The third-order valence-corrected chi connectivity index (χ3v) is 5.47. The van der Waals surface area contributed by atoms with E-state index in [-0.39, 0.29) is 0 Å². The lowest BCUT2D eigenvalue weighted by Crippen LogP contribution is -2.17. The van der Waals surface area contributed by atoms with E-state index >= 15 is 0 Å². The fraction of sp³-hybridized carbons (Fsp3) is 0.348. The number of aromatic nitrogens is 1. The van der Waals surface area contributed by atoms with Crippen molar-refractivity contribution in [1.82, 2.24) is 9.88 Å². The SMILES string of the molecule is CCCCN1Cc2nc3c(-c4cc(C)ccc4OC)cccc3c(N)c2C1. The summed E-state index contributed by atoms with van der Waals surface area (Å²) in [4.78, 5) is 7.53. The first-order valence-electron chi connectivity index (χ1n) is 9.69. The van der Waals surface area contributed by atoms with Crippen LogP contribution < -0.4 is 10.5 Å². The number of rotatable bonds is 5. The first kappa shape index (κ1) is 17.8. The molecule has 0 radical (unpaired) electrons. The number of fused-ring (bicyclic) bond motifs is 2. The molecule has 0 spiro atoms. The second kappa shape index (κ2) is 7.20. The molecule has 2 heterocycles. The highest BCUT2D eigenvalue weighted by Crippen LogP contribution is 2.39. The van der Waals surface area contributed by atoms with Crippen molar-refractivity contribution in [3.8, 4) is 16.9 Å². The summed E-state index contributed by atoms with van der Waals surface area (Å²) in [6.07, 6.45) is 2.41. The molecule has 4 heteroatoms. The number of ether oxygens (including phenoxy) is 1. The number of nitrogens with zero attached hydrogens (tertiary/aromatic N) is 2. The molecule has 1 aliphatic heterocycles. The second-order valence-corrected chi connectivity index (χ2v) is 7.42. The third kappa shape index (κ3) is 3.15. The molecule has 0 saturated carbocycles. The second-order valence-electron chi connectivity index (χ2n) is 7.42. The van der Waals surface area contributed by atoms with Gasteiger partial charge in [0.25, 0.3) is 0 Å². The van der Waals surface area contributed by atoms with Gasteiger partial charge in [0.05, 0.1) is 18.3 Å². The van der Waals surface area contributed by atoms with Crippen LogP contribution in [0.25, 0.3) is 22.0 Å². The molecule has 1 aromatic heterocycles. The number of pyridine rings is 1. The zero-order valence-electron chi connectivity index (χ0n) is 16.4. The van der Waals surface area contributed by atoms with Crippen LogP contribution in [-0.2, 0) is 13.1 Å². The summed E-state index contributed by atoms with van der Waals surface area (Å²) in [5.74, 6) is 0.860. The van der Waals surface area contributed by atoms with E-state index in [1.165, 1.54) is 24.0 Å². The van der Waals surface area contributed by atoms with E-state index in [1.807, 2.05) is 6.07 Å². The van der Waals surface area contributed by atoms with Crippen LogP contribution in [0.4, 0.5) is 5.69 Å². The van der Waals surface area contributed by atoms with Gasteiger partial charge < -0.3 is 10.5 Å². The minimum atomic E-state index is 0.860. The Kier molecular flexibility index (Phi) is 4.75. The number of aryl methyl sites for hydroxylation is 1. The maximum absolute atomic E-state index is 6.61. The standard InChI is InChI=1S/C23H27N3O/c1-4-5-11-26-13-19-20(14-26)25-23-16(7-6-8-17(23)22(19)24)18-12-15(2)9-10-21(18)27-3/h6-10,12H,4-5,11,13-14H2,1-3H3,(H2,24,25). The van der Waals surface area contributed by atoms with E-state index in [0.717, 1.165) is 58.8 Å². The molecule has 0 fully saturated rings. The van der Waals surface area contributed by atoms with Crippen LogP contribution in [0.5, 0.6) is 5.75 Å². The van der Waals surface area contributed by atoms with Gasteiger partial charge in [0.1, 0.15) is 5.75 Å². The number of nitrogen functional groups attached to an aromatic ring is 1. The molecule has 0 atom stereocenters. The van der Waals surface area contributed by atoms with Crippen LogP contribution in [0.15, 0.2) is 36.4 Å². The monoisotopic (exact) mass is 361 g/mol. The molecule has 3 aromatic rings. The van der Waals surface area contributed by atoms with Crippen LogP contribution >= 0.6 is 0 Å². The Hall–Kier alpha value is -2.59. The van der Waals surface area contributed by atoms with E-state index < -0.39 is 0 Å². The first-order valence-corrected chi connectivity index (χ1v) is 9.69. The first-order chi connectivity index (χ1) is 13.1. The predicted molar refractivity (Wildman–Crippen MR) is 112 cm³/mol. The van der Waals surface area contributed by atoms with Crippen molar-refractivity contribution in [2.75, 3.05) is 19.4 Å². The predicted octanol–water partition coefficient (Wildman–Crippen LogP) is 4.92. The lowest BCUT2D eigenvalue weighted by molar-refractivity contribution is 0.278. The van der Waals surface area contributed by atoms with E-state index in [0.29, 0.717) is 0 Å². The van der Waals surface area contributed by atoms with Gasteiger partial charge in [-0.3, -0.25) is 9.88 Å².